The molecule has 0 saturated heterocycles. The maximum absolute atomic E-state index is 12.2. The van der Waals surface area contributed by atoms with Gasteiger partial charge < -0.3 is 30.3 Å². The second-order valence-corrected chi connectivity index (χ2v) is 6.53. The Kier molecular flexibility index (Phi) is 7.19. The van der Waals surface area contributed by atoms with Crippen molar-refractivity contribution in [1.82, 2.24) is 5.32 Å². The lowest BCUT2D eigenvalue weighted by Gasteiger charge is -2.29. The summed E-state index contributed by atoms with van der Waals surface area (Å²) in [6.07, 6.45) is 3.89. The van der Waals surface area contributed by atoms with Gasteiger partial charge in [0.05, 0.1) is 32.1 Å². The minimum atomic E-state index is -1.24. The number of hydrogen-bond acceptors (Lipinski definition) is 6. The van der Waals surface area contributed by atoms with Gasteiger partial charge in [0.2, 0.25) is 0 Å². The summed E-state index contributed by atoms with van der Waals surface area (Å²) < 4.78 is 10.7. The van der Waals surface area contributed by atoms with E-state index in [-0.39, 0.29) is 6.42 Å². The molecule has 1 heterocycles. The maximum Gasteiger partial charge on any atom is 0.313 e. The zero-order valence-corrected chi connectivity index (χ0v) is 16.2. The van der Waals surface area contributed by atoms with E-state index in [1.54, 1.807) is 31.4 Å². The third kappa shape index (κ3) is 4.71. The molecule has 28 heavy (non-hydrogen) atoms. The fourth-order valence-electron chi connectivity index (χ4n) is 2.77. The highest BCUT2D eigenvalue weighted by atomic mass is 16.5. The van der Waals surface area contributed by atoms with Gasteiger partial charge in [-0.25, -0.2) is 0 Å². The minimum Gasteiger partial charge on any atom is -0.497 e. The zero-order chi connectivity index (χ0) is 20.7. The molecule has 8 heteroatoms. The summed E-state index contributed by atoms with van der Waals surface area (Å²) in [4.78, 5) is 24.4. The van der Waals surface area contributed by atoms with Crippen molar-refractivity contribution >= 4 is 23.1 Å². The number of anilines is 1. The van der Waals surface area contributed by atoms with Gasteiger partial charge in [-0.05, 0) is 42.7 Å². The molecule has 1 aliphatic rings. The molecule has 8 nitrogen and oxygen atoms in total. The number of methoxy groups -OCH3 is 1. The monoisotopic (exact) mass is 390 g/mol. The van der Waals surface area contributed by atoms with Crippen LogP contribution in [0.15, 0.2) is 36.1 Å². The number of ether oxygens (including phenoxy) is 2. The first-order chi connectivity index (χ1) is 13.4. The van der Waals surface area contributed by atoms with Crippen LogP contribution in [0.25, 0.3) is 5.57 Å². The van der Waals surface area contributed by atoms with Crippen LogP contribution < -0.4 is 15.4 Å². The highest BCUT2D eigenvalue weighted by Gasteiger charge is 2.31. The molecule has 4 N–H and O–H groups in total. The molecule has 0 atom stereocenters. The number of rotatable bonds is 7. The summed E-state index contributed by atoms with van der Waals surface area (Å²) in [7, 11) is 1.52. The molecule has 0 spiro atoms. The van der Waals surface area contributed by atoms with Crippen molar-refractivity contribution in [2.75, 3.05) is 32.2 Å². The number of benzene rings is 1. The van der Waals surface area contributed by atoms with Crippen molar-refractivity contribution in [2.45, 2.75) is 25.8 Å². The smallest absolute Gasteiger partial charge is 0.313 e. The zero-order valence-electron chi connectivity index (χ0n) is 16.2. The fraction of sp³-hybridized carbons (Fsp3) is 0.400. The van der Waals surface area contributed by atoms with E-state index in [0.29, 0.717) is 18.0 Å². The third-order valence-electron chi connectivity index (χ3n) is 4.69. The summed E-state index contributed by atoms with van der Waals surface area (Å²) in [6.45, 7) is 3.12. The molecule has 1 aliphatic heterocycles. The van der Waals surface area contributed by atoms with E-state index in [0.717, 1.165) is 16.7 Å². The van der Waals surface area contributed by atoms with Gasteiger partial charge in [-0.1, -0.05) is 6.92 Å². The number of aliphatic hydroxyl groups is 2. The predicted octanol–water partition coefficient (Wildman–Crippen LogP) is 1.20. The Bertz CT molecular complexity index is 788. The first-order valence-electron chi connectivity index (χ1n) is 8.92. The number of carbonyl (C=O) groups is 2. The quantitative estimate of drug-likeness (QED) is 0.520. The molecule has 0 aromatic heterocycles. The van der Waals surface area contributed by atoms with Gasteiger partial charge in [-0.15, -0.1) is 0 Å². The number of aliphatic hydroxyl groups excluding tert-OH is 2. The SMILES string of the molecule is CCC(CO)(CO)NC(=O)C(=O)Nc1ccc(C2=CCOC=C2C)c(OC)c1. The van der Waals surface area contributed by atoms with Crippen LogP contribution in [0.4, 0.5) is 5.69 Å². The molecule has 1 aromatic rings. The second kappa shape index (κ2) is 9.38. The van der Waals surface area contributed by atoms with Crippen molar-refractivity contribution in [2.24, 2.45) is 0 Å². The van der Waals surface area contributed by atoms with Crippen LogP contribution in [0.3, 0.4) is 0 Å². The summed E-state index contributed by atoms with van der Waals surface area (Å²) in [5, 5.41) is 23.7. The lowest BCUT2D eigenvalue weighted by Crippen LogP contribution is -2.56. The summed E-state index contributed by atoms with van der Waals surface area (Å²) in [5.41, 5.74) is 1.90. The highest BCUT2D eigenvalue weighted by molar-refractivity contribution is 6.39. The van der Waals surface area contributed by atoms with E-state index in [9.17, 15) is 19.8 Å². The first-order valence-corrected chi connectivity index (χ1v) is 8.92. The minimum absolute atomic E-state index is 0.271. The molecule has 0 aliphatic carbocycles. The molecule has 1 aromatic carbocycles. The fourth-order valence-corrected chi connectivity index (χ4v) is 2.77. The van der Waals surface area contributed by atoms with E-state index < -0.39 is 30.6 Å². The van der Waals surface area contributed by atoms with Crippen molar-refractivity contribution < 1.29 is 29.3 Å². The van der Waals surface area contributed by atoms with Crippen LogP contribution in [0.1, 0.15) is 25.8 Å². The van der Waals surface area contributed by atoms with E-state index in [4.69, 9.17) is 9.47 Å². The Morgan fingerprint density at radius 3 is 2.54 bits per heavy atom. The first kappa shape index (κ1) is 21.5. The maximum atomic E-state index is 12.2. The standard InChI is InChI=1S/C20H26N2O6/c1-4-20(11-23,12-24)22-19(26)18(25)21-14-5-6-16(17(9-14)27-3)15-7-8-28-10-13(15)2/h5-7,9-10,23-24H,4,8,11-12H2,1-3H3,(H,21,25)(H,22,26). The third-order valence-corrected chi connectivity index (χ3v) is 4.69. The van der Waals surface area contributed by atoms with Gasteiger partial charge in [-0.2, -0.15) is 0 Å². The van der Waals surface area contributed by atoms with Gasteiger partial charge in [-0.3, -0.25) is 9.59 Å². The topological polar surface area (TPSA) is 117 Å². The van der Waals surface area contributed by atoms with Crippen LogP contribution in [-0.4, -0.2) is 54.5 Å². The molecule has 0 radical (unpaired) electrons. The van der Waals surface area contributed by atoms with E-state index in [2.05, 4.69) is 10.6 Å². The van der Waals surface area contributed by atoms with E-state index in [1.165, 1.54) is 7.11 Å². The van der Waals surface area contributed by atoms with Crippen molar-refractivity contribution in [1.29, 1.82) is 0 Å². The Morgan fingerprint density at radius 2 is 1.96 bits per heavy atom. The van der Waals surface area contributed by atoms with Crippen LogP contribution in [-0.2, 0) is 14.3 Å². The molecule has 0 saturated carbocycles. The largest absolute Gasteiger partial charge is 0.497 e. The Labute approximate surface area is 163 Å². The number of allylic oxidation sites excluding steroid dienone is 2. The van der Waals surface area contributed by atoms with Gasteiger partial charge in [0.25, 0.3) is 0 Å². The molecule has 0 bridgehead atoms. The molecule has 0 unspecified atom stereocenters. The number of amides is 2. The number of carbonyl (C=O) groups excluding carboxylic acids is 2. The van der Waals surface area contributed by atoms with Gasteiger partial charge >= 0.3 is 11.8 Å². The summed E-state index contributed by atoms with van der Waals surface area (Å²) in [6, 6.07) is 5.08. The van der Waals surface area contributed by atoms with Crippen molar-refractivity contribution in [3.63, 3.8) is 0 Å². The predicted molar refractivity (Wildman–Crippen MR) is 105 cm³/mol. The average molecular weight is 390 g/mol. The average Bonchev–Trinajstić information content (AvgIpc) is 2.72. The van der Waals surface area contributed by atoms with Crippen LogP contribution in [0.5, 0.6) is 5.75 Å². The lowest BCUT2D eigenvalue weighted by atomic mass is 9.97. The van der Waals surface area contributed by atoms with Gasteiger partial charge in [0.1, 0.15) is 12.4 Å². The summed E-state index contributed by atoms with van der Waals surface area (Å²) in [5.74, 6) is -1.32. The van der Waals surface area contributed by atoms with Crippen molar-refractivity contribution in [3.8, 4) is 5.75 Å². The van der Waals surface area contributed by atoms with Crippen LogP contribution >= 0.6 is 0 Å². The molecular formula is C20H26N2O6. The number of hydrogen-bond donors (Lipinski definition) is 4. The Balaban J connectivity index is 2.16. The normalized spacial score (nSPS) is 13.8. The molecule has 0 fully saturated rings. The Hall–Kier alpha value is -2.84. The lowest BCUT2D eigenvalue weighted by molar-refractivity contribution is -0.138. The molecule has 2 rings (SSSR count). The van der Waals surface area contributed by atoms with Crippen LogP contribution in [0, 0.1) is 0 Å². The number of nitrogens with one attached hydrogen (secondary N) is 2. The van der Waals surface area contributed by atoms with E-state index >= 15 is 0 Å². The molecular weight excluding hydrogens is 364 g/mol. The van der Waals surface area contributed by atoms with E-state index in [1.807, 2.05) is 13.0 Å². The second-order valence-electron chi connectivity index (χ2n) is 6.53. The highest BCUT2D eigenvalue weighted by Crippen LogP contribution is 2.34. The van der Waals surface area contributed by atoms with Gasteiger partial charge in [0, 0.05) is 17.3 Å². The Morgan fingerprint density at radius 1 is 1.25 bits per heavy atom. The molecule has 2 amide bonds. The van der Waals surface area contributed by atoms with Gasteiger partial charge in [0.15, 0.2) is 0 Å². The molecule has 152 valence electrons. The summed E-state index contributed by atoms with van der Waals surface area (Å²) >= 11 is 0. The van der Waals surface area contributed by atoms with Crippen molar-refractivity contribution in [3.05, 3.63) is 41.7 Å². The van der Waals surface area contributed by atoms with Crippen LogP contribution in [0.2, 0.25) is 0 Å².